The van der Waals surface area contributed by atoms with Crippen LogP contribution in [0.4, 0.5) is 0 Å². The largest absolute Gasteiger partial charge is 0.489 e. The van der Waals surface area contributed by atoms with Crippen molar-refractivity contribution in [2.24, 2.45) is 0 Å². The topological polar surface area (TPSA) is 56.3 Å². The Bertz CT molecular complexity index is 729. The number of fused-ring (bicyclic) bond motifs is 1. The molecule has 0 bridgehead atoms. The monoisotopic (exact) mass is 317 g/mol. The summed E-state index contributed by atoms with van der Waals surface area (Å²) in [7, 11) is 1.53. The summed E-state index contributed by atoms with van der Waals surface area (Å²) in [6.45, 7) is 0.278. The van der Waals surface area contributed by atoms with Gasteiger partial charge < -0.3 is 4.74 Å². The zero-order valence-corrected chi connectivity index (χ0v) is 11.9. The number of pyridine rings is 1. The molecule has 1 aromatic heterocycles. The molecular weight excluding hydrogens is 309 g/mol. The number of benzene rings is 1. The van der Waals surface area contributed by atoms with Crippen molar-refractivity contribution in [1.29, 1.82) is 0 Å². The van der Waals surface area contributed by atoms with Crippen molar-refractivity contribution in [3.8, 4) is 5.75 Å². The van der Waals surface area contributed by atoms with Crippen LogP contribution in [0.3, 0.4) is 0 Å². The fourth-order valence-corrected chi connectivity index (χ4v) is 2.69. The Morgan fingerprint density at radius 3 is 2.79 bits per heavy atom. The molecule has 100 valence electrons. The van der Waals surface area contributed by atoms with Gasteiger partial charge in [0.25, 0.3) is 9.05 Å². The molecule has 0 atom stereocenters. The molecule has 2 rings (SSSR count). The van der Waals surface area contributed by atoms with Gasteiger partial charge in [-0.1, -0.05) is 11.6 Å². The molecule has 0 saturated carbocycles. The molecule has 1 aromatic carbocycles. The second kappa shape index (κ2) is 5.77. The van der Waals surface area contributed by atoms with E-state index in [-0.39, 0.29) is 17.0 Å². The van der Waals surface area contributed by atoms with E-state index in [1.807, 2.05) is 0 Å². The smallest absolute Gasteiger partial charge is 0.263 e. The van der Waals surface area contributed by atoms with Gasteiger partial charge in [0.2, 0.25) is 0 Å². The van der Waals surface area contributed by atoms with Crippen molar-refractivity contribution in [2.75, 3.05) is 6.61 Å². The third-order valence-electron chi connectivity index (χ3n) is 2.38. The van der Waals surface area contributed by atoms with E-state index in [1.54, 1.807) is 24.3 Å². The van der Waals surface area contributed by atoms with E-state index in [4.69, 9.17) is 27.0 Å². The Balaban J connectivity index is 2.58. The zero-order valence-electron chi connectivity index (χ0n) is 9.58. The number of hydrogen-bond acceptors (Lipinski definition) is 4. The molecule has 0 radical (unpaired) electrons. The molecule has 4 nitrogen and oxygen atoms in total. The number of ether oxygens (including phenoxy) is 1. The minimum atomic E-state index is -3.85. The Morgan fingerprint density at radius 2 is 2.11 bits per heavy atom. The van der Waals surface area contributed by atoms with Crippen LogP contribution in [0.1, 0.15) is 0 Å². The predicted molar refractivity (Wildman–Crippen MR) is 75.3 cm³/mol. The summed E-state index contributed by atoms with van der Waals surface area (Å²) >= 11 is 5.40. The number of aromatic nitrogens is 1. The molecular formula is C12H9Cl2NO3S. The van der Waals surface area contributed by atoms with Gasteiger partial charge >= 0.3 is 0 Å². The quantitative estimate of drug-likeness (QED) is 0.812. The lowest BCUT2D eigenvalue weighted by Crippen LogP contribution is -1.98. The van der Waals surface area contributed by atoms with Gasteiger partial charge in [0.15, 0.2) is 0 Å². The van der Waals surface area contributed by atoms with E-state index in [0.717, 1.165) is 0 Å². The predicted octanol–water partition coefficient (Wildman–Crippen LogP) is 3.29. The molecule has 0 saturated heterocycles. The van der Waals surface area contributed by atoms with E-state index in [0.29, 0.717) is 11.1 Å². The van der Waals surface area contributed by atoms with Crippen LogP contribution in [0.25, 0.3) is 10.9 Å². The van der Waals surface area contributed by atoms with Crippen LogP contribution in [-0.4, -0.2) is 20.0 Å². The van der Waals surface area contributed by atoms with E-state index in [9.17, 15) is 8.42 Å². The molecule has 19 heavy (non-hydrogen) atoms. The highest BCUT2D eigenvalue weighted by Crippen LogP contribution is 2.31. The first-order valence-corrected chi connectivity index (χ1v) is 7.99. The highest BCUT2D eigenvalue weighted by molar-refractivity contribution is 8.14. The zero-order chi connectivity index (χ0) is 13.9. The van der Waals surface area contributed by atoms with Crippen molar-refractivity contribution in [3.63, 3.8) is 0 Å². The fraction of sp³-hybridized carbons (Fsp3) is 0.0833. The van der Waals surface area contributed by atoms with Gasteiger partial charge in [0.1, 0.15) is 17.3 Å². The minimum absolute atomic E-state index is 0.0370. The fourth-order valence-electron chi connectivity index (χ4n) is 1.62. The van der Waals surface area contributed by atoms with Crippen LogP contribution in [0.2, 0.25) is 0 Å². The molecule has 0 N–H and O–H groups in total. The van der Waals surface area contributed by atoms with E-state index < -0.39 is 9.05 Å². The Labute approximate surface area is 120 Å². The summed E-state index contributed by atoms with van der Waals surface area (Å²) < 4.78 is 28.4. The maximum atomic E-state index is 11.5. The van der Waals surface area contributed by atoms with Crippen molar-refractivity contribution in [1.82, 2.24) is 4.98 Å². The molecule has 7 heteroatoms. The minimum Gasteiger partial charge on any atom is -0.489 e. The second-order valence-corrected chi connectivity index (χ2v) is 6.36. The molecule has 0 spiro atoms. The van der Waals surface area contributed by atoms with Crippen LogP contribution in [-0.2, 0) is 9.05 Å². The van der Waals surface area contributed by atoms with Gasteiger partial charge in [0.05, 0.1) is 5.52 Å². The molecule has 0 aliphatic rings. The van der Waals surface area contributed by atoms with Crippen molar-refractivity contribution < 1.29 is 13.2 Å². The second-order valence-electron chi connectivity index (χ2n) is 3.57. The molecule has 0 fully saturated rings. The van der Waals surface area contributed by atoms with Gasteiger partial charge in [0, 0.05) is 27.8 Å². The summed E-state index contributed by atoms with van der Waals surface area (Å²) in [6.07, 6.45) is 3.12. The summed E-state index contributed by atoms with van der Waals surface area (Å²) in [5.74, 6) is 0.516. The van der Waals surface area contributed by atoms with Crippen molar-refractivity contribution in [3.05, 3.63) is 42.1 Å². The van der Waals surface area contributed by atoms with Crippen LogP contribution >= 0.6 is 22.3 Å². The number of halogens is 2. The molecule has 0 unspecified atom stereocenters. The van der Waals surface area contributed by atoms with Crippen LogP contribution < -0.4 is 4.74 Å². The van der Waals surface area contributed by atoms with E-state index in [1.165, 1.54) is 17.8 Å². The normalized spacial score (nSPS) is 12.1. The molecule has 2 aromatic rings. The molecule has 1 heterocycles. The first-order chi connectivity index (χ1) is 9.04. The lowest BCUT2D eigenvalue weighted by molar-refractivity contribution is 0.367. The average Bonchev–Trinajstić information content (AvgIpc) is 2.37. The Morgan fingerprint density at radius 1 is 1.32 bits per heavy atom. The van der Waals surface area contributed by atoms with Crippen LogP contribution in [0.5, 0.6) is 5.75 Å². The molecule has 0 aliphatic heterocycles. The average molecular weight is 318 g/mol. The number of nitrogens with zero attached hydrogens (tertiary/aromatic N) is 1. The molecule has 0 aliphatic carbocycles. The lowest BCUT2D eigenvalue weighted by atomic mass is 10.2. The molecule has 0 amide bonds. The Kier molecular flexibility index (Phi) is 4.29. The van der Waals surface area contributed by atoms with Gasteiger partial charge in [-0.15, -0.1) is 0 Å². The van der Waals surface area contributed by atoms with Crippen LogP contribution in [0, 0.1) is 0 Å². The third-order valence-corrected chi connectivity index (χ3v) is 3.91. The maximum absolute atomic E-state index is 11.5. The van der Waals surface area contributed by atoms with Crippen molar-refractivity contribution >= 4 is 42.2 Å². The van der Waals surface area contributed by atoms with E-state index >= 15 is 0 Å². The number of hydrogen-bond donors (Lipinski definition) is 0. The van der Waals surface area contributed by atoms with E-state index in [2.05, 4.69) is 4.98 Å². The van der Waals surface area contributed by atoms with Crippen LogP contribution in [0.15, 0.2) is 47.0 Å². The highest BCUT2D eigenvalue weighted by Gasteiger charge is 2.17. The summed E-state index contributed by atoms with van der Waals surface area (Å²) in [5, 5.41) is 0.576. The number of rotatable bonds is 4. The van der Waals surface area contributed by atoms with Gasteiger partial charge in [-0.2, -0.15) is 0 Å². The first kappa shape index (κ1) is 14.1. The summed E-state index contributed by atoms with van der Waals surface area (Å²) in [5.41, 5.74) is 1.63. The van der Waals surface area contributed by atoms with Crippen molar-refractivity contribution in [2.45, 2.75) is 4.90 Å². The van der Waals surface area contributed by atoms with Gasteiger partial charge in [-0.05, 0) is 30.3 Å². The summed E-state index contributed by atoms with van der Waals surface area (Å²) in [6, 6.07) is 6.32. The van der Waals surface area contributed by atoms with Gasteiger partial charge in [-0.3, -0.25) is 4.98 Å². The summed E-state index contributed by atoms with van der Waals surface area (Å²) in [4.78, 5) is 4.01. The lowest BCUT2D eigenvalue weighted by Gasteiger charge is -2.09. The Hall–Kier alpha value is -1.30. The highest BCUT2D eigenvalue weighted by atomic mass is 35.7. The maximum Gasteiger partial charge on any atom is 0.263 e. The van der Waals surface area contributed by atoms with Gasteiger partial charge in [-0.25, -0.2) is 8.42 Å². The standard InChI is InChI=1S/C12H9Cl2NO3S/c13-6-2-8-18-10-4-5-11(19(14,16)17)12-9(10)3-1-7-15-12/h1-7H,8H2/b6-2+. The third kappa shape index (κ3) is 3.18. The SMILES string of the molecule is O=S(=O)(Cl)c1ccc(OC/C=C/Cl)c2cccnc12. The first-order valence-electron chi connectivity index (χ1n) is 5.24.